The molecular formula is C9H5FN4O2. The van der Waals surface area contributed by atoms with Gasteiger partial charge in [0.2, 0.25) is 5.82 Å². The second kappa shape index (κ2) is 5.34. The third-order valence-corrected chi connectivity index (χ3v) is 1.61. The van der Waals surface area contributed by atoms with Crippen molar-refractivity contribution in [2.45, 2.75) is 0 Å². The first-order chi connectivity index (χ1) is 7.66. The van der Waals surface area contributed by atoms with Crippen molar-refractivity contribution in [2.75, 3.05) is 6.54 Å². The van der Waals surface area contributed by atoms with Gasteiger partial charge >= 0.3 is 5.69 Å². The fourth-order valence-electron chi connectivity index (χ4n) is 0.959. The van der Waals surface area contributed by atoms with E-state index in [0.717, 1.165) is 6.07 Å². The zero-order valence-electron chi connectivity index (χ0n) is 7.92. The Morgan fingerprint density at radius 3 is 3.00 bits per heavy atom. The first-order valence-electron chi connectivity index (χ1n) is 4.09. The molecule has 0 atom stereocenters. The van der Waals surface area contributed by atoms with E-state index >= 15 is 0 Å². The summed E-state index contributed by atoms with van der Waals surface area (Å²) in [5.74, 6) is 3.74. The van der Waals surface area contributed by atoms with E-state index in [1.165, 1.54) is 12.1 Å². The second-order valence-corrected chi connectivity index (χ2v) is 2.59. The number of hydrogen-bond donors (Lipinski definition) is 0. The summed E-state index contributed by atoms with van der Waals surface area (Å²) >= 11 is 0. The van der Waals surface area contributed by atoms with E-state index < -0.39 is 16.4 Å². The molecule has 0 spiro atoms. The highest BCUT2D eigenvalue weighted by atomic mass is 19.1. The van der Waals surface area contributed by atoms with E-state index in [1.807, 2.05) is 0 Å². The zero-order valence-corrected chi connectivity index (χ0v) is 7.92. The summed E-state index contributed by atoms with van der Waals surface area (Å²) in [4.78, 5) is 12.0. The van der Waals surface area contributed by atoms with Crippen molar-refractivity contribution in [2.24, 2.45) is 5.11 Å². The summed E-state index contributed by atoms with van der Waals surface area (Å²) in [7, 11) is 0. The molecular weight excluding hydrogens is 215 g/mol. The molecule has 0 saturated heterocycles. The molecule has 0 aliphatic heterocycles. The summed E-state index contributed by atoms with van der Waals surface area (Å²) in [6, 6.07) is 3.69. The van der Waals surface area contributed by atoms with Crippen LogP contribution in [0.25, 0.3) is 10.4 Å². The molecule has 0 heterocycles. The standard InChI is InChI=1S/C9H5FN4O2/c10-9-7(4-2-6-12-13-11)3-1-5-8(9)14(15)16/h1,3,5H,6H2. The number of halogens is 1. The number of rotatable bonds is 2. The van der Waals surface area contributed by atoms with Crippen LogP contribution >= 0.6 is 0 Å². The van der Waals surface area contributed by atoms with E-state index in [9.17, 15) is 14.5 Å². The predicted octanol–water partition coefficient (Wildman–Crippen LogP) is 2.40. The molecule has 0 aromatic heterocycles. The Hall–Kier alpha value is -2.58. The maximum Gasteiger partial charge on any atom is 0.306 e. The monoisotopic (exact) mass is 220 g/mol. The van der Waals surface area contributed by atoms with Gasteiger partial charge in [0, 0.05) is 11.0 Å². The first-order valence-corrected chi connectivity index (χ1v) is 4.09. The molecule has 80 valence electrons. The minimum absolute atomic E-state index is 0.0951. The van der Waals surface area contributed by atoms with Crippen LogP contribution in [0.3, 0.4) is 0 Å². The highest BCUT2D eigenvalue weighted by Crippen LogP contribution is 2.19. The van der Waals surface area contributed by atoms with E-state index in [4.69, 9.17) is 5.53 Å². The molecule has 1 aromatic rings. The maximum atomic E-state index is 13.4. The Bertz CT molecular complexity index is 526. The van der Waals surface area contributed by atoms with Crippen molar-refractivity contribution in [3.8, 4) is 11.8 Å². The molecule has 1 aromatic carbocycles. The van der Waals surface area contributed by atoms with E-state index in [2.05, 4.69) is 21.9 Å². The van der Waals surface area contributed by atoms with Crippen molar-refractivity contribution in [1.29, 1.82) is 0 Å². The molecule has 0 N–H and O–H groups in total. The number of nitro groups is 1. The van der Waals surface area contributed by atoms with Gasteiger partial charge in [0.25, 0.3) is 0 Å². The molecule has 6 nitrogen and oxygen atoms in total. The molecule has 0 aliphatic carbocycles. The summed E-state index contributed by atoms with van der Waals surface area (Å²) in [6.45, 7) is -0.112. The molecule has 0 bridgehead atoms. The SMILES string of the molecule is [N-]=[N+]=NCC#Cc1cccc([N+](=O)[O-])c1F. The Morgan fingerprint density at radius 1 is 1.62 bits per heavy atom. The normalized spacial score (nSPS) is 8.56. The van der Waals surface area contributed by atoms with Crippen LogP contribution in [-0.2, 0) is 0 Å². The van der Waals surface area contributed by atoms with Crippen LogP contribution in [0.4, 0.5) is 10.1 Å². The third-order valence-electron chi connectivity index (χ3n) is 1.61. The largest absolute Gasteiger partial charge is 0.306 e. The number of hydrogen-bond acceptors (Lipinski definition) is 3. The van der Waals surface area contributed by atoms with Gasteiger partial charge in [-0.3, -0.25) is 10.1 Å². The van der Waals surface area contributed by atoms with Crippen LogP contribution in [0.15, 0.2) is 23.3 Å². The van der Waals surface area contributed by atoms with Gasteiger partial charge in [-0.15, -0.1) is 0 Å². The van der Waals surface area contributed by atoms with Gasteiger partial charge in [0.1, 0.15) is 0 Å². The molecule has 7 heteroatoms. The smallest absolute Gasteiger partial charge is 0.258 e. The van der Waals surface area contributed by atoms with Crippen molar-refractivity contribution >= 4 is 5.69 Å². The predicted molar refractivity (Wildman–Crippen MR) is 53.9 cm³/mol. The average molecular weight is 220 g/mol. The van der Waals surface area contributed by atoms with E-state index in [1.54, 1.807) is 0 Å². The Morgan fingerprint density at radius 2 is 2.38 bits per heavy atom. The van der Waals surface area contributed by atoms with Crippen molar-refractivity contribution in [1.82, 2.24) is 0 Å². The van der Waals surface area contributed by atoms with Crippen molar-refractivity contribution in [3.63, 3.8) is 0 Å². The van der Waals surface area contributed by atoms with Gasteiger partial charge < -0.3 is 0 Å². The Balaban J connectivity index is 3.04. The lowest BCUT2D eigenvalue weighted by atomic mass is 10.2. The van der Waals surface area contributed by atoms with Crippen LogP contribution in [0.2, 0.25) is 0 Å². The van der Waals surface area contributed by atoms with Crippen LogP contribution in [0, 0.1) is 27.8 Å². The molecule has 0 unspecified atom stereocenters. The summed E-state index contributed by atoms with van der Waals surface area (Å²) in [5, 5.41) is 13.5. The minimum atomic E-state index is -0.985. The van der Waals surface area contributed by atoms with E-state index in [0.29, 0.717) is 0 Å². The summed E-state index contributed by atoms with van der Waals surface area (Å²) < 4.78 is 13.4. The zero-order chi connectivity index (χ0) is 12.0. The van der Waals surface area contributed by atoms with Gasteiger partial charge in [-0.2, -0.15) is 4.39 Å². The average Bonchev–Trinajstić information content (AvgIpc) is 2.26. The minimum Gasteiger partial charge on any atom is -0.258 e. The van der Waals surface area contributed by atoms with E-state index in [-0.39, 0.29) is 12.1 Å². The van der Waals surface area contributed by atoms with Gasteiger partial charge in [-0.05, 0) is 11.6 Å². The Kier molecular flexibility index (Phi) is 3.83. The van der Waals surface area contributed by atoms with Crippen LogP contribution in [-0.4, -0.2) is 11.5 Å². The first kappa shape index (κ1) is 11.5. The molecule has 0 amide bonds. The fourth-order valence-corrected chi connectivity index (χ4v) is 0.959. The second-order valence-electron chi connectivity index (χ2n) is 2.59. The molecule has 0 aliphatic rings. The van der Waals surface area contributed by atoms with Crippen LogP contribution in [0.1, 0.15) is 5.56 Å². The maximum absolute atomic E-state index is 13.4. The van der Waals surface area contributed by atoms with Crippen LogP contribution in [0.5, 0.6) is 0 Å². The van der Waals surface area contributed by atoms with Crippen LogP contribution < -0.4 is 0 Å². The van der Waals surface area contributed by atoms with Crippen molar-refractivity contribution < 1.29 is 9.31 Å². The quantitative estimate of drug-likeness (QED) is 0.191. The summed E-state index contributed by atoms with van der Waals surface area (Å²) in [5.41, 5.74) is 7.24. The van der Waals surface area contributed by atoms with Crippen molar-refractivity contribution in [3.05, 3.63) is 50.1 Å². The molecule has 1 rings (SSSR count). The molecule has 0 radical (unpaired) electrons. The molecule has 0 saturated carbocycles. The fraction of sp³-hybridized carbons (Fsp3) is 0.111. The number of benzene rings is 1. The topological polar surface area (TPSA) is 91.9 Å². The number of nitro benzene ring substituents is 1. The highest BCUT2D eigenvalue weighted by molar-refractivity contribution is 5.45. The Labute approximate surface area is 89.5 Å². The van der Waals surface area contributed by atoms with Gasteiger partial charge in [-0.1, -0.05) is 23.0 Å². The lowest BCUT2D eigenvalue weighted by Crippen LogP contribution is -1.94. The molecule has 0 fully saturated rings. The van der Waals surface area contributed by atoms with Gasteiger partial charge in [0.05, 0.1) is 17.0 Å². The lowest BCUT2D eigenvalue weighted by Gasteiger charge is -1.95. The third kappa shape index (κ3) is 2.70. The molecule has 16 heavy (non-hydrogen) atoms. The number of nitrogens with zero attached hydrogens (tertiary/aromatic N) is 4. The number of azide groups is 1. The van der Waals surface area contributed by atoms with Gasteiger partial charge in [0.15, 0.2) is 0 Å². The summed E-state index contributed by atoms with van der Waals surface area (Å²) in [6.07, 6.45) is 0. The highest BCUT2D eigenvalue weighted by Gasteiger charge is 2.15. The lowest BCUT2D eigenvalue weighted by molar-refractivity contribution is -0.387. The van der Waals surface area contributed by atoms with Gasteiger partial charge in [-0.25, -0.2) is 0 Å².